The highest BCUT2D eigenvalue weighted by Crippen LogP contribution is 2.36. The van der Waals surface area contributed by atoms with Gasteiger partial charge in [-0.05, 0) is 35.6 Å². The Morgan fingerprint density at radius 2 is 1.95 bits per heavy atom. The largest absolute Gasteiger partial charge is 0.368 e. The topological polar surface area (TPSA) is 55.1 Å². The van der Waals surface area contributed by atoms with E-state index in [1.54, 1.807) is 0 Å². The van der Waals surface area contributed by atoms with Crippen molar-refractivity contribution in [3.05, 3.63) is 70.2 Å². The lowest BCUT2D eigenvalue weighted by molar-refractivity contribution is -0.120. The zero-order valence-electron chi connectivity index (χ0n) is 11.6. The van der Waals surface area contributed by atoms with Crippen LogP contribution in [-0.2, 0) is 11.2 Å². The highest BCUT2D eigenvalue weighted by atomic mass is 35.5. The molecule has 0 radical (unpaired) electrons. The molecule has 1 aliphatic carbocycles. The number of benzene rings is 2. The van der Waals surface area contributed by atoms with E-state index >= 15 is 0 Å². The Hall–Kier alpha value is -1.84. The van der Waals surface area contributed by atoms with Gasteiger partial charge in [0.2, 0.25) is 5.91 Å². The number of nitrogens with one attached hydrogen (secondary N) is 1. The first-order chi connectivity index (χ1) is 10.2. The average Bonchev–Trinajstić information content (AvgIpc) is 2.90. The summed E-state index contributed by atoms with van der Waals surface area (Å²) >= 11 is 6.23. The minimum absolute atomic E-state index is 0.108. The SMILES string of the molecule is NC(=O)[C@@H](N[C@H]1CCc2c(Cl)cccc21)c1ccccc1. The molecule has 2 aromatic rings. The summed E-state index contributed by atoms with van der Waals surface area (Å²) in [5.41, 5.74) is 8.80. The summed E-state index contributed by atoms with van der Waals surface area (Å²) < 4.78 is 0. The van der Waals surface area contributed by atoms with Gasteiger partial charge in [0, 0.05) is 11.1 Å². The van der Waals surface area contributed by atoms with Gasteiger partial charge in [-0.1, -0.05) is 54.1 Å². The van der Waals surface area contributed by atoms with Crippen molar-refractivity contribution in [1.82, 2.24) is 5.32 Å². The van der Waals surface area contributed by atoms with Crippen molar-refractivity contribution in [2.75, 3.05) is 0 Å². The van der Waals surface area contributed by atoms with Crippen LogP contribution in [0.15, 0.2) is 48.5 Å². The molecule has 1 amide bonds. The first-order valence-corrected chi connectivity index (χ1v) is 7.42. The Morgan fingerprint density at radius 1 is 1.19 bits per heavy atom. The van der Waals surface area contributed by atoms with Crippen LogP contribution in [0.4, 0.5) is 0 Å². The van der Waals surface area contributed by atoms with Crippen LogP contribution in [0.2, 0.25) is 5.02 Å². The van der Waals surface area contributed by atoms with E-state index in [1.165, 1.54) is 11.1 Å². The van der Waals surface area contributed by atoms with Gasteiger partial charge in [0.05, 0.1) is 0 Å². The van der Waals surface area contributed by atoms with E-state index in [0.717, 1.165) is 23.4 Å². The molecule has 2 atom stereocenters. The van der Waals surface area contributed by atoms with Crippen molar-refractivity contribution in [2.45, 2.75) is 24.9 Å². The molecule has 0 bridgehead atoms. The fourth-order valence-corrected chi connectivity index (χ4v) is 3.25. The smallest absolute Gasteiger partial charge is 0.239 e. The van der Waals surface area contributed by atoms with E-state index in [2.05, 4.69) is 11.4 Å². The maximum atomic E-state index is 11.8. The Labute approximate surface area is 129 Å². The third-order valence-electron chi connectivity index (χ3n) is 4.00. The fraction of sp³-hybridized carbons (Fsp3) is 0.235. The molecule has 2 aromatic carbocycles. The molecule has 0 unspecified atom stereocenters. The molecule has 0 aliphatic heterocycles. The van der Waals surface area contributed by atoms with Gasteiger partial charge in [-0.15, -0.1) is 0 Å². The van der Waals surface area contributed by atoms with Crippen molar-refractivity contribution >= 4 is 17.5 Å². The minimum atomic E-state index is -0.485. The van der Waals surface area contributed by atoms with Crippen LogP contribution < -0.4 is 11.1 Å². The quantitative estimate of drug-likeness (QED) is 0.911. The van der Waals surface area contributed by atoms with Crippen LogP contribution in [-0.4, -0.2) is 5.91 Å². The number of primary amides is 1. The molecule has 0 spiro atoms. The molecule has 4 heteroatoms. The number of hydrogen-bond donors (Lipinski definition) is 2. The van der Waals surface area contributed by atoms with Gasteiger partial charge in [-0.2, -0.15) is 0 Å². The number of carbonyl (C=O) groups excluding carboxylic acids is 1. The third kappa shape index (κ3) is 2.80. The Kier molecular flexibility index (Phi) is 3.95. The zero-order chi connectivity index (χ0) is 14.8. The van der Waals surface area contributed by atoms with E-state index in [1.807, 2.05) is 42.5 Å². The number of halogens is 1. The lowest BCUT2D eigenvalue weighted by atomic mass is 10.0. The van der Waals surface area contributed by atoms with Crippen molar-refractivity contribution in [3.8, 4) is 0 Å². The summed E-state index contributed by atoms with van der Waals surface area (Å²) in [6.45, 7) is 0. The van der Waals surface area contributed by atoms with E-state index in [9.17, 15) is 4.79 Å². The van der Waals surface area contributed by atoms with Crippen LogP contribution in [0, 0.1) is 0 Å². The third-order valence-corrected chi connectivity index (χ3v) is 4.35. The highest BCUT2D eigenvalue weighted by molar-refractivity contribution is 6.31. The number of hydrogen-bond acceptors (Lipinski definition) is 2. The first kappa shape index (κ1) is 14.1. The second-order valence-corrected chi connectivity index (χ2v) is 5.72. The molecule has 0 aromatic heterocycles. The van der Waals surface area contributed by atoms with Gasteiger partial charge >= 0.3 is 0 Å². The van der Waals surface area contributed by atoms with E-state index < -0.39 is 6.04 Å². The molecule has 3 nitrogen and oxygen atoms in total. The zero-order valence-corrected chi connectivity index (χ0v) is 12.3. The molecular weight excluding hydrogens is 284 g/mol. The van der Waals surface area contributed by atoms with Crippen LogP contribution in [0.25, 0.3) is 0 Å². The van der Waals surface area contributed by atoms with Gasteiger partial charge in [0.15, 0.2) is 0 Å². The molecule has 0 saturated heterocycles. The summed E-state index contributed by atoms with van der Waals surface area (Å²) in [4.78, 5) is 11.8. The molecule has 3 rings (SSSR count). The lowest BCUT2D eigenvalue weighted by Crippen LogP contribution is -2.35. The molecule has 0 heterocycles. The molecule has 0 fully saturated rings. The lowest BCUT2D eigenvalue weighted by Gasteiger charge is -2.21. The molecule has 21 heavy (non-hydrogen) atoms. The van der Waals surface area contributed by atoms with Gasteiger partial charge in [0.25, 0.3) is 0 Å². The highest BCUT2D eigenvalue weighted by Gasteiger charge is 2.28. The summed E-state index contributed by atoms with van der Waals surface area (Å²) in [5.74, 6) is -0.364. The monoisotopic (exact) mass is 300 g/mol. The van der Waals surface area contributed by atoms with Crippen LogP contribution in [0.1, 0.15) is 35.2 Å². The molecule has 108 valence electrons. The maximum Gasteiger partial charge on any atom is 0.239 e. The standard InChI is InChI=1S/C17H17ClN2O/c18-14-8-4-7-13-12(14)9-10-15(13)20-16(17(19)21)11-5-2-1-3-6-11/h1-8,15-16,20H,9-10H2,(H2,19,21)/t15-,16-/m0/s1. The molecule has 3 N–H and O–H groups in total. The van der Waals surface area contributed by atoms with Crippen LogP contribution >= 0.6 is 11.6 Å². The number of amides is 1. The predicted octanol–water partition coefficient (Wildman–Crippen LogP) is 3.14. The van der Waals surface area contributed by atoms with E-state index in [-0.39, 0.29) is 11.9 Å². The maximum absolute atomic E-state index is 11.8. The summed E-state index contributed by atoms with van der Waals surface area (Å²) in [7, 11) is 0. The Bertz CT molecular complexity index is 657. The second kappa shape index (κ2) is 5.88. The first-order valence-electron chi connectivity index (χ1n) is 7.04. The second-order valence-electron chi connectivity index (χ2n) is 5.31. The van der Waals surface area contributed by atoms with Crippen molar-refractivity contribution in [3.63, 3.8) is 0 Å². The minimum Gasteiger partial charge on any atom is -0.368 e. The fourth-order valence-electron chi connectivity index (χ4n) is 2.97. The molecule has 0 saturated carbocycles. The molecule has 1 aliphatic rings. The Balaban J connectivity index is 1.87. The van der Waals surface area contributed by atoms with Gasteiger partial charge in [-0.3, -0.25) is 10.1 Å². The number of rotatable bonds is 4. The van der Waals surface area contributed by atoms with Crippen molar-refractivity contribution < 1.29 is 4.79 Å². The van der Waals surface area contributed by atoms with E-state index in [4.69, 9.17) is 17.3 Å². The van der Waals surface area contributed by atoms with E-state index in [0.29, 0.717) is 0 Å². The average molecular weight is 301 g/mol. The van der Waals surface area contributed by atoms with Gasteiger partial charge in [0.1, 0.15) is 6.04 Å². The normalized spacial score (nSPS) is 18.2. The molecular formula is C17H17ClN2O. The van der Waals surface area contributed by atoms with Crippen LogP contribution in [0.5, 0.6) is 0 Å². The summed E-state index contributed by atoms with van der Waals surface area (Å²) in [5, 5.41) is 4.18. The predicted molar refractivity (Wildman–Crippen MR) is 84.0 cm³/mol. The number of carbonyl (C=O) groups is 1. The number of nitrogens with two attached hydrogens (primary N) is 1. The van der Waals surface area contributed by atoms with Gasteiger partial charge in [-0.25, -0.2) is 0 Å². The Morgan fingerprint density at radius 3 is 2.67 bits per heavy atom. The van der Waals surface area contributed by atoms with Crippen molar-refractivity contribution in [1.29, 1.82) is 0 Å². The van der Waals surface area contributed by atoms with Gasteiger partial charge < -0.3 is 5.73 Å². The number of fused-ring (bicyclic) bond motifs is 1. The summed E-state index contributed by atoms with van der Waals surface area (Å²) in [6, 6.07) is 15.1. The summed E-state index contributed by atoms with van der Waals surface area (Å²) in [6.07, 6.45) is 1.85. The van der Waals surface area contributed by atoms with Crippen LogP contribution in [0.3, 0.4) is 0 Å². The van der Waals surface area contributed by atoms with Crippen molar-refractivity contribution in [2.24, 2.45) is 5.73 Å².